The first-order chi connectivity index (χ1) is 16.1. The molecule has 4 heteroatoms. The van der Waals surface area contributed by atoms with Crippen LogP contribution < -0.4 is 9.47 Å². The number of methoxy groups -OCH3 is 2. The minimum absolute atomic E-state index is 0.911. The molecule has 0 saturated heterocycles. The van der Waals surface area contributed by atoms with Gasteiger partial charge in [-0.1, -0.05) is 44.2 Å². The zero-order chi connectivity index (χ0) is 23.2. The first-order valence-corrected chi connectivity index (χ1v) is 11.5. The molecule has 0 aliphatic carbocycles. The number of H-pyrrole nitrogens is 1. The number of aromatic nitrogens is 2. The predicted molar refractivity (Wildman–Crippen MR) is 138 cm³/mol. The van der Waals surface area contributed by atoms with Crippen LogP contribution in [0.4, 0.5) is 0 Å². The molecule has 0 amide bonds. The maximum Gasteiger partial charge on any atom is 0.119 e. The molecule has 5 aromatic rings. The standard InChI is InChI=1S/C18H19NO.C11H13NO/c1-3-16-11-15-12-17(20-2)9-10-18(15)19(16)13-14-7-5-4-6-8-14;1-3-9-6-8-7-10(13-2)4-5-11(8)12-9/h4-12H,3,13H2,1-2H3;4-7,12H,3H2,1-2H3. The smallest absolute Gasteiger partial charge is 0.119 e. The van der Waals surface area contributed by atoms with Crippen LogP contribution in [0.5, 0.6) is 11.5 Å². The van der Waals surface area contributed by atoms with Crippen molar-refractivity contribution >= 4 is 21.8 Å². The lowest BCUT2D eigenvalue weighted by atomic mass is 10.2. The molecule has 0 bridgehead atoms. The number of aryl methyl sites for hydroxylation is 2. The molecule has 0 unspecified atom stereocenters. The van der Waals surface area contributed by atoms with Crippen molar-refractivity contribution in [2.45, 2.75) is 33.2 Å². The van der Waals surface area contributed by atoms with Crippen LogP contribution >= 0.6 is 0 Å². The minimum Gasteiger partial charge on any atom is -0.497 e. The molecule has 4 nitrogen and oxygen atoms in total. The van der Waals surface area contributed by atoms with Gasteiger partial charge in [0.15, 0.2) is 0 Å². The first kappa shape index (κ1) is 22.5. The van der Waals surface area contributed by atoms with Crippen LogP contribution in [0.25, 0.3) is 21.8 Å². The van der Waals surface area contributed by atoms with E-state index in [1.54, 1.807) is 14.2 Å². The summed E-state index contributed by atoms with van der Waals surface area (Å²) < 4.78 is 12.9. The molecule has 2 aromatic heterocycles. The average molecular weight is 441 g/mol. The van der Waals surface area contributed by atoms with Gasteiger partial charge in [-0.25, -0.2) is 0 Å². The maximum atomic E-state index is 5.31. The van der Waals surface area contributed by atoms with Crippen molar-refractivity contribution in [3.05, 3.63) is 95.8 Å². The van der Waals surface area contributed by atoms with Crippen LogP contribution in [0.2, 0.25) is 0 Å². The number of nitrogens with zero attached hydrogens (tertiary/aromatic N) is 1. The Morgan fingerprint density at radius 1 is 0.727 bits per heavy atom. The fraction of sp³-hybridized carbons (Fsp3) is 0.241. The minimum atomic E-state index is 0.911. The highest BCUT2D eigenvalue weighted by Gasteiger charge is 2.09. The molecular weight excluding hydrogens is 408 g/mol. The second kappa shape index (κ2) is 10.3. The topological polar surface area (TPSA) is 39.2 Å². The highest BCUT2D eigenvalue weighted by atomic mass is 16.5. The van der Waals surface area contributed by atoms with Gasteiger partial charge in [0.25, 0.3) is 0 Å². The molecular formula is C29H32N2O2. The van der Waals surface area contributed by atoms with Crippen LogP contribution in [0.1, 0.15) is 30.8 Å². The molecule has 0 atom stereocenters. The van der Waals surface area contributed by atoms with Crippen molar-refractivity contribution in [2.24, 2.45) is 0 Å². The number of hydrogen-bond acceptors (Lipinski definition) is 2. The number of rotatable bonds is 6. The summed E-state index contributed by atoms with van der Waals surface area (Å²) in [7, 11) is 3.40. The monoisotopic (exact) mass is 440 g/mol. The Kier molecular flexibility index (Phi) is 7.04. The van der Waals surface area contributed by atoms with E-state index >= 15 is 0 Å². The zero-order valence-electron chi connectivity index (χ0n) is 19.9. The van der Waals surface area contributed by atoms with E-state index in [1.807, 2.05) is 24.3 Å². The average Bonchev–Trinajstić information content (AvgIpc) is 3.44. The number of fused-ring (bicyclic) bond motifs is 2. The van der Waals surface area contributed by atoms with Crippen molar-refractivity contribution in [2.75, 3.05) is 14.2 Å². The highest BCUT2D eigenvalue weighted by molar-refractivity contribution is 5.83. The van der Waals surface area contributed by atoms with E-state index in [2.05, 4.69) is 78.0 Å². The lowest BCUT2D eigenvalue weighted by molar-refractivity contribution is 0.415. The van der Waals surface area contributed by atoms with Crippen molar-refractivity contribution in [1.82, 2.24) is 9.55 Å². The summed E-state index contributed by atoms with van der Waals surface area (Å²) in [5.74, 6) is 1.83. The first-order valence-electron chi connectivity index (χ1n) is 11.5. The molecule has 0 aliphatic heterocycles. The molecule has 0 saturated carbocycles. The van der Waals surface area contributed by atoms with E-state index in [1.165, 1.54) is 38.8 Å². The van der Waals surface area contributed by atoms with Crippen molar-refractivity contribution in [3.8, 4) is 11.5 Å². The largest absolute Gasteiger partial charge is 0.497 e. The summed E-state index contributed by atoms with van der Waals surface area (Å²) in [5.41, 5.74) is 6.40. The Morgan fingerprint density at radius 3 is 2.09 bits per heavy atom. The molecule has 1 N–H and O–H groups in total. The zero-order valence-corrected chi connectivity index (χ0v) is 19.9. The van der Waals surface area contributed by atoms with E-state index in [0.29, 0.717) is 0 Å². The van der Waals surface area contributed by atoms with Crippen molar-refractivity contribution < 1.29 is 9.47 Å². The Balaban J connectivity index is 0.000000172. The van der Waals surface area contributed by atoms with Gasteiger partial charge in [0.2, 0.25) is 0 Å². The van der Waals surface area contributed by atoms with Gasteiger partial charge in [-0.2, -0.15) is 0 Å². The molecule has 0 aliphatic rings. The summed E-state index contributed by atoms with van der Waals surface area (Å²) in [6, 6.07) is 27.4. The summed E-state index contributed by atoms with van der Waals surface area (Å²) in [4.78, 5) is 3.34. The summed E-state index contributed by atoms with van der Waals surface area (Å²) in [6.45, 7) is 5.26. The third kappa shape index (κ3) is 5.06. The molecule has 33 heavy (non-hydrogen) atoms. The van der Waals surface area contributed by atoms with E-state index in [0.717, 1.165) is 30.9 Å². The van der Waals surface area contributed by atoms with Gasteiger partial charge in [-0.05, 0) is 66.9 Å². The van der Waals surface area contributed by atoms with Gasteiger partial charge in [0, 0.05) is 39.7 Å². The van der Waals surface area contributed by atoms with Gasteiger partial charge in [0.1, 0.15) is 11.5 Å². The second-order valence-electron chi connectivity index (χ2n) is 8.09. The summed E-state index contributed by atoms with van der Waals surface area (Å²) >= 11 is 0. The van der Waals surface area contributed by atoms with Crippen LogP contribution in [-0.2, 0) is 19.4 Å². The molecule has 5 rings (SSSR count). The fourth-order valence-electron chi connectivity index (χ4n) is 4.17. The van der Waals surface area contributed by atoms with E-state index in [-0.39, 0.29) is 0 Å². The predicted octanol–water partition coefficient (Wildman–Crippen LogP) is 7.00. The maximum absolute atomic E-state index is 5.31. The van der Waals surface area contributed by atoms with Crippen molar-refractivity contribution in [3.63, 3.8) is 0 Å². The normalized spacial score (nSPS) is 10.8. The number of hydrogen-bond donors (Lipinski definition) is 1. The lowest BCUT2D eigenvalue weighted by Gasteiger charge is -2.10. The lowest BCUT2D eigenvalue weighted by Crippen LogP contribution is -2.03. The number of ether oxygens (including phenoxy) is 2. The third-order valence-electron chi connectivity index (χ3n) is 6.00. The van der Waals surface area contributed by atoms with Gasteiger partial charge >= 0.3 is 0 Å². The summed E-state index contributed by atoms with van der Waals surface area (Å²) in [6.07, 6.45) is 2.07. The fourth-order valence-corrected chi connectivity index (χ4v) is 4.17. The van der Waals surface area contributed by atoms with Crippen LogP contribution in [0.3, 0.4) is 0 Å². The Morgan fingerprint density at radius 2 is 1.42 bits per heavy atom. The molecule has 2 heterocycles. The summed E-state index contributed by atoms with van der Waals surface area (Å²) in [5, 5.41) is 2.47. The molecule has 0 spiro atoms. The van der Waals surface area contributed by atoms with E-state index in [4.69, 9.17) is 9.47 Å². The number of aromatic amines is 1. The van der Waals surface area contributed by atoms with E-state index in [9.17, 15) is 0 Å². The Hall–Kier alpha value is -3.66. The van der Waals surface area contributed by atoms with E-state index < -0.39 is 0 Å². The van der Waals surface area contributed by atoms with Gasteiger partial charge in [0.05, 0.1) is 14.2 Å². The number of nitrogens with one attached hydrogen (secondary N) is 1. The highest BCUT2D eigenvalue weighted by Crippen LogP contribution is 2.26. The molecule has 0 radical (unpaired) electrons. The Bertz CT molecular complexity index is 1330. The number of benzene rings is 3. The van der Waals surface area contributed by atoms with Crippen LogP contribution in [0, 0.1) is 0 Å². The van der Waals surface area contributed by atoms with Gasteiger partial charge in [-0.15, -0.1) is 0 Å². The molecule has 170 valence electrons. The second-order valence-corrected chi connectivity index (χ2v) is 8.09. The van der Waals surface area contributed by atoms with Gasteiger partial charge in [-0.3, -0.25) is 0 Å². The Labute approximate surface area is 195 Å². The molecule has 0 fully saturated rings. The van der Waals surface area contributed by atoms with Gasteiger partial charge < -0.3 is 19.0 Å². The van der Waals surface area contributed by atoms with Crippen molar-refractivity contribution in [1.29, 1.82) is 0 Å². The SMILES string of the molecule is CCc1cc2cc(OC)ccc2[nH]1.CCc1cc2cc(OC)ccc2n1Cc1ccccc1. The van der Waals surface area contributed by atoms with Crippen LogP contribution in [-0.4, -0.2) is 23.8 Å². The molecule has 3 aromatic carbocycles. The van der Waals surface area contributed by atoms with Crippen LogP contribution in [0.15, 0.2) is 78.9 Å². The quantitative estimate of drug-likeness (QED) is 0.309. The third-order valence-corrected chi connectivity index (χ3v) is 6.00.